The molecule has 0 atom stereocenters. The number of aromatic carboxylic acids is 1. The van der Waals surface area contributed by atoms with E-state index in [1.54, 1.807) is 19.9 Å². The van der Waals surface area contributed by atoms with E-state index in [4.69, 9.17) is 10.8 Å². The second kappa shape index (κ2) is 7.13. The molecule has 1 aromatic carbocycles. The number of anilines is 1. The number of carboxylic acid groups (broad SMARTS) is 1. The molecule has 0 radical (unpaired) electrons. The first-order chi connectivity index (χ1) is 9.81. The average Bonchev–Trinajstić information content (AvgIpc) is 2.38. The molecular weight excluding hydrogens is 276 g/mol. The second-order valence-corrected chi connectivity index (χ2v) is 4.44. The topological polar surface area (TPSA) is 134 Å². The van der Waals surface area contributed by atoms with Crippen LogP contribution in [0.3, 0.4) is 0 Å². The van der Waals surface area contributed by atoms with Gasteiger partial charge in [-0.2, -0.15) is 0 Å². The Morgan fingerprint density at radius 1 is 1.14 bits per heavy atom. The number of nitrogens with two attached hydrogens (primary N) is 1. The number of amides is 4. The zero-order chi connectivity index (χ0) is 16.0. The maximum absolute atomic E-state index is 11.6. The Kier molecular flexibility index (Phi) is 5.53. The zero-order valence-corrected chi connectivity index (χ0v) is 11.8. The van der Waals surface area contributed by atoms with Gasteiger partial charge in [0, 0.05) is 18.8 Å². The molecule has 0 bridgehead atoms. The Hall–Kier alpha value is -2.77. The lowest BCUT2D eigenvalue weighted by atomic mass is 10.0. The number of rotatable bonds is 5. The molecule has 0 spiro atoms. The minimum absolute atomic E-state index is 0.140. The first-order valence-electron chi connectivity index (χ1n) is 6.24. The van der Waals surface area contributed by atoms with Crippen LogP contribution in [0.15, 0.2) is 12.1 Å². The summed E-state index contributed by atoms with van der Waals surface area (Å²) in [4.78, 5) is 33.2. The van der Waals surface area contributed by atoms with Crippen molar-refractivity contribution < 1.29 is 19.5 Å². The normalized spacial score (nSPS) is 9.81. The molecule has 0 unspecified atom stereocenters. The number of hydrogen-bond donors (Lipinski definition) is 5. The Bertz CT molecular complexity index is 572. The third-order valence-electron chi connectivity index (χ3n) is 2.87. The van der Waals surface area contributed by atoms with Crippen LogP contribution in [-0.4, -0.2) is 36.2 Å². The van der Waals surface area contributed by atoms with Crippen LogP contribution in [0.1, 0.15) is 21.5 Å². The van der Waals surface area contributed by atoms with E-state index in [1.807, 2.05) is 0 Å². The molecule has 8 heteroatoms. The van der Waals surface area contributed by atoms with E-state index >= 15 is 0 Å². The van der Waals surface area contributed by atoms with Crippen LogP contribution in [-0.2, 0) is 0 Å². The fourth-order valence-electron chi connectivity index (χ4n) is 1.69. The number of urea groups is 2. The van der Waals surface area contributed by atoms with Gasteiger partial charge >= 0.3 is 18.0 Å². The molecule has 4 amide bonds. The van der Waals surface area contributed by atoms with Gasteiger partial charge < -0.3 is 26.8 Å². The molecule has 1 rings (SSSR count). The quantitative estimate of drug-likeness (QED) is 0.513. The SMILES string of the molecule is Cc1cc(NC(=O)NCCNC(N)=O)cc(C(=O)O)c1C. The van der Waals surface area contributed by atoms with Crippen molar-refractivity contribution in [2.24, 2.45) is 5.73 Å². The molecule has 0 aliphatic heterocycles. The number of benzene rings is 1. The Labute approximate surface area is 121 Å². The van der Waals surface area contributed by atoms with Crippen molar-refractivity contribution in [2.75, 3.05) is 18.4 Å². The summed E-state index contributed by atoms with van der Waals surface area (Å²) in [5.74, 6) is -1.05. The van der Waals surface area contributed by atoms with E-state index in [0.717, 1.165) is 5.56 Å². The predicted molar refractivity (Wildman–Crippen MR) is 77.5 cm³/mol. The van der Waals surface area contributed by atoms with Crippen LogP contribution in [0.5, 0.6) is 0 Å². The summed E-state index contributed by atoms with van der Waals surface area (Å²) in [6.07, 6.45) is 0. The van der Waals surface area contributed by atoms with Crippen molar-refractivity contribution in [3.8, 4) is 0 Å². The number of carboxylic acids is 1. The molecule has 8 nitrogen and oxygen atoms in total. The van der Waals surface area contributed by atoms with Gasteiger partial charge in [0.2, 0.25) is 0 Å². The number of hydrogen-bond acceptors (Lipinski definition) is 3. The van der Waals surface area contributed by atoms with Crippen LogP contribution in [0.2, 0.25) is 0 Å². The molecule has 0 aromatic heterocycles. The standard InChI is InChI=1S/C13H18N4O4/c1-7-5-9(6-10(8(7)2)11(18)19)17-13(21)16-4-3-15-12(14)20/h5-6H,3-4H2,1-2H3,(H,18,19)(H3,14,15,20)(H2,16,17,21). The first kappa shape index (κ1) is 16.3. The van der Waals surface area contributed by atoms with Crippen LogP contribution < -0.4 is 21.7 Å². The molecule has 0 fully saturated rings. The highest BCUT2D eigenvalue weighted by Crippen LogP contribution is 2.19. The van der Waals surface area contributed by atoms with E-state index in [2.05, 4.69) is 16.0 Å². The minimum Gasteiger partial charge on any atom is -0.478 e. The van der Waals surface area contributed by atoms with Crippen molar-refractivity contribution >= 4 is 23.7 Å². The molecule has 0 saturated heterocycles. The molecule has 114 valence electrons. The fourth-order valence-corrected chi connectivity index (χ4v) is 1.69. The van der Waals surface area contributed by atoms with E-state index in [0.29, 0.717) is 11.3 Å². The summed E-state index contributed by atoms with van der Waals surface area (Å²) in [6, 6.07) is 1.91. The van der Waals surface area contributed by atoms with Gasteiger partial charge in [0.15, 0.2) is 0 Å². The molecule has 21 heavy (non-hydrogen) atoms. The van der Waals surface area contributed by atoms with Gasteiger partial charge in [0.25, 0.3) is 0 Å². The van der Waals surface area contributed by atoms with E-state index < -0.39 is 18.0 Å². The van der Waals surface area contributed by atoms with Crippen LogP contribution in [0.25, 0.3) is 0 Å². The summed E-state index contributed by atoms with van der Waals surface area (Å²) in [5, 5.41) is 16.5. The molecule has 0 aliphatic rings. The van der Waals surface area contributed by atoms with Gasteiger partial charge in [-0.25, -0.2) is 14.4 Å². The Balaban J connectivity index is 2.64. The maximum Gasteiger partial charge on any atom is 0.336 e. The summed E-state index contributed by atoms with van der Waals surface area (Å²) in [6.45, 7) is 3.88. The van der Waals surface area contributed by atoms with Gasteiger partial charge in [0.05, 0.1) is 5.56 Å². The molecule has 6 N–H and O–H groups in total. The maximum atomic E-state index is 11.6. The summed E-state index contributed by atoms with van der Waals surface area (Å²) >= 11 is 0. The average molecular weight is 294 g/mol. The van der Waals surface area contributed by atoms with Crippen molar-refractivity contribution in [1.29, 1.82) is 0 Å². The number of carbonyl (C=O) groups is 3. The Morgan fingerprint density at radius 2 is 1.76 bits per heavy atom. The lowest BCUT2D eigenvalue weighted by Gasteiger charge is -2.11. The second-order valence-electron chi connectivity index (χ2n) is 4.44. The monoisotopic (exact) mass is 294 g/mol. The largest absolute Gasteiger partial charge is 0.478 e. The summed E-state index contributed by atoms with van der Waals surface area (Å²) < 4.78 is 0. The van der Waals surface area contributed by atoms with Gasteiger partial charge in [-0.3, -0.25) is 0 Å². The van der Waals surface area contributed by atoms with Crippen LogP contribution in [0.4, 0.5) is 15.3 Å². The highest BCUT2D eigenvalue weighted by Gasteiger charge is 2.12. The van der Waals surface area contributed by atoms with Gasteiger partial charge in [-0.05, 0) is 37.1 Å². The zero-order valence-electron chi connectivity index (χ0n) is 11.8. The molecule has 0 heterocycles. The highest BCUT2D eigenvalue weighted by molar-refractivity contribution is 5.94. The van der Waals surface area contributed by atoms with Crippen molar-refractivity contribution in [1.82, 2.24) is 10.6 Å². The fraction of sp³-hybridized carbons (Fsp3) is 0.308. The Morgan fingerprint density at radius 3 is 2.33 bits per heavy atom. The number of aryl methyl sites for hydroxylation is 1. The number of nitrogens with one attached hydrogen (secondary N) is 3. The third kappa shape index (κ3) is 5.01. The van der Waals surface area contributed by atoms with Crippen molar-refractivity contribution in [3.63, 3.8) is 0 Å². The van der Waals surface area contributed by atoms with Gasteiger partial charge in [-0.1, -0.05) is 0 Å². The van der Waals surface area contributed by atoms with E-state index in [9.17, 15) is 14.4 Å². The van der Waals surface area contributed by atoms with Crippen molar-refractivity contribution in [2.45, 2.75) is 13.8 Å². The molecule has 0 aliphatic carbocycles. The third-order valence-corrected chi connectivity index (χ3v) is 2.87. The van der Waals surface area contributed by atoms with E-state index in [-0.39, 0.29) is 18.7 Å². The minimum atomic E-state index is -1.05. The first-order valence-corrected chi connectivity index (χ1v) is 6.24. The highest BCUT2D eigenvalue weighted by atomic mass is 16.4. The van der Waals surface area contributed by atoms with Crippen LogP contribution in [0, 0.1) is 13.8 Å². The summed E-state index contributed by atoms with van der Waals surface area (Å²) in [7, 11) is 0. The predicted octanol–water partition coefficient (Wildman–Crippen LogP) is 0.791. The molecule has 1 aromatic rings. The van der Waals surface area contributed by atoms with Gasteiger partial charge in [0.1, 0.15) is 0 Å². The number of primary amides is 1. The smallest absolute Gasteiger partial charge is 0.336 e. The van der Waals surface area contributed by atoms with E-state index in [1.165, 1.54) is 6.07 Å². The number of carbonyl (C=O) groups excluding carboxylic acids is 2. The lowest BCUT2D eigenvalue weighted by molar-refractivity contribution is 0.0696. The molecular formula is C13H18N4O4. The van der Waals surface area contributed by atoms with Crippen molar-refractivity contribution in [3.05, 3.63) is 28.8 Å². The summed E-state index contributed by atoms with van der Waals surface area (Å²) in [5.41, 5.74) is 6.82. The van der Waals surface area contributed by atoms with Gasteiger partial charge in [-0.15, -0.1) is 0 Å². The lowest BCUT2D eigenvalue weighted by Crippen LogP contribution is -2.38. The van der Waals surface area contributed by atoms with Crippen LogP contribution >= 0.6 is 0 Å². The molecule has 0 saturated carbocycles.